The largest absolute Gasteiger partial charge is 0.388 e. The summed E-state index contributed by atoms with van der Waals surface area (Å²) in [5, 5.41) is 31.6. The highest BCUT2D eigenvalue weighted by Gasteiger charge is 2.47. The standard InChI is InChI=1S/C25H40N6O9/c26-12-17-21(35)22(36)24(39-17)40-18(16-11-15(32)23(38-16)31-6-3-19(33)27-25(31)37)13-28-7-9-29(10-8-28)14-20(34)30-4-1-2-5-30/h3,6,15-18,21-24,32,35-36H,1-2,4-5,7-14,26H2,(H,27,33,37)/t15-,16+,17-,18+,21-,22-,23-,24+/m1/s1. The lowest BCUT2D eigenvalue weighted by Crippen LogP contribution is -2.53. The summed E-state index contributed by atoms with van der Waals surface area (Å²) in [6.45, 7) is 5.09. The lowest BCUT2D eigenvalue weighted by Gasteiger charge is -2.38. The number of carbonyl (C=O) groups excluding carboxylic acids is 1. The maximum Gasteiger partial charge on any atom is 0.330 e. The molecule has 40 heavy (non-hydrogen) atoms. The quantitative estimate of drug-likeness (QED) is 0.195. The van der Waals surface area contributed by atoms with Crippen LogP contribution in [-0.4, -0.2) is 147 Å². The Kier molecular flexibility index (Phi) is 9.34. The molecule has 5 rings (SSSR count). The Morgan fingerprint density at radius 1 is 1.05 bits per heavy atom. The lowest BCUT2D eigenvalue weighted by molar-refractivity contribution is -0.218. The van der Waals surface area contributed by atoms with Gasteiger partial charge in [-0.1, -0.05) is 0 Å². The minimum Gasteiger partial charge on any atom is -0.388 e. The van der Waals surface area contributed by atoms with Crippen molar-refractivity contribution in [3.05, 3.63) is 33.1 Å². The van der Waals surface area contributed by atoms with E-state index in [1.807, 2.05) is 4.90 Å². The second-order valence-electron chi connectivity index (χ2n) is 11.0. The Labute approximate surface area is 231 Å². The van der Waals surface area contributed by atoms with Crippen molar-refractivity contribution in [2.45, 2.75) is 68.4 Å². The van der Waals surface area contributed by atoms with E-state index in [9.17, 15) is 29.7 Å². The molecule has 0 radical (unpaired) electrons. The van der Waals surface area contributed by atoms with Crippen molar-refractivity contribution in [2.75, 3.05) is 58.9 Å². The third-order valence-electron chi connectivity index (χ3n) is 8.24. The van der Waals surface area contributed by atoms with E-state index >= 15 is 0 Å². The van der Waals surface area contributed by atoms with Crippen molar-refractivity contribution in [2.24, 2.45) is 5.73 Å². The first-order valence-corrected chi connectivity index (χ1v) is 14.0. The summed E-state index contributed by atoms with van der Waals surface area (Å²) in [7, 11) is 0. The van der Waals surface area contributed by atoms with Gasteiger partial charge in [0.15, 0.2) is 12.5 Å². The van der Waals surface area contributed by atoms with Crippen LogP contribution in [0.1, 0.15) is 25.5 Å². The highest BCUT2D eigenvalue weighted by atomic mass is 16.7. The van der Waals surface area contributed by atoms with Gasteiger partial charge in [-0.15, -0.1) is 0 Å². The van der Waals surface area contributed by atoms with Gasteiger partial charge >= 0.3 is 5.69 Å². The highest BCUT2D eigenvalue weighted by molar-refractivity contribution is 5.78. The number of aliphatic hydroxyl groups excluding tert-OH is 3. The summed E-state index contributed by atoms with van der Waals surface area (Å²) in [5.41, 5.74) is 4.38. The highest BCUT2D eigenvalue weighted by Crippen LogP contribution is 2.33. The van der Waals surface area contributed by atoms with Crippen LogP contribution in [0.15, 0.2) is 21.9 Å². The third kappa shape index (κ3) is 6.48. The molecule has 1 aromatic rings. The van der Waals surface area contributed by atoms with Gasteiger partial charge in [0.25, 0.3) is 5.56 Å². The van der Waals surface area contributed by atoms with Crippen LogP contribution in [0.25, 0.3) is 0 Å². The molecule has 0 aromatic carbocycles. The molecule has 4 saturated heterocycles. The van der Waals surface area contributed by atoms with E-state index in [1.54, 1.807) is 0 Å². The molecule has 1 amide bonds. The van der Waals surface area contributed by atoms with Crippen LogP contribution < -0.4 is 17.0 Å². The fourth-order valence-electron chi connectivity index (χ4n) is 5.88. The molecule has 0 aliphatic carbocycles. The number of rotatable bonds is 9. The van der Waals surface area contributed by atoms with Crippen LogP contribution in [-0.2, 0) is 19.0 Å². The minimum absolute atomic E-state index is 0.00327. The molecule has 0 bridgehead atoms. The molecular weight excluding hydrogens is 528 g/mol. The van der Waals surface area contributed by atoms with Crippen molar-refractivity contribution in [3.63, 3.8) is 0 Å². The lowest BCUT2D eigenvalue weighted by atomic mass is 10.1. The van der Waals surface area contributed by atoms with E-state index in [0.29, 0.717) is 39.3 Å². The van der Waals surface area contributed by atoms with Gasteiger partial charge in [-0.2, -0.15) is 0 Å². The minimum atomic E-state index is -1.33. The summed E-state index contributed by atoms with van der Waals surface area (Å²) < 4.78 is 19.0. The number of H-pyrrole nitrogens is 1. The molecule has 5 heterocycles. The Morgan fingerprint density at radius 2 is 1.75 bits per heavy atom. The number of amides is 1. The SMILES string of the molecule is NC[C@H]1O[C@@H](O[C@@H](CN2CCN(CC(=O)N3CCCC3)CC2)[C@@H]2C[C@@H](O)[C@H](n3ccc(=O)[nH]c3=O)O2)[C@H](O)[C@@H]1O. The number of likely N-dealkylation sites (tertiary alicyclic amines) is 1. The summed E-state index contributed by atoms with van der Waals surface area (Å²) in [6, 6.07) is 1.17. The van der Waals surface area contributed by atoms with Crippen LogP contribution in [0.2, 0.25) is 0 Å². The number of aromatic nitrogens is 2. The smallest absolute Gasteiger partial charge is 0.330 e. The molecular formula is C25H40N6O9. The van der Waals surface area contributed by atoms with Gasteiger partial charge in [-0.25, -0.2) is 4.79 Å². The molecule has 4 fully saturated rings. The molecule has 4 aliphatic heterocycles. The van der Waals surface area contributed by atoms with Crippen LogP contribution in [0.4, 0.5) is 0 Å². The van der Waals surface area contributed by atoms with E-state index in [1.165, 1.54) is 12.3 Å². The monoisotopic (exact) mass is 568 g/mol. The second kappa shape index (κ2) is 12.8. The number of piperazine rings is 1. The first-order chi connectivity index (χ1) is 19.2. The fraction of sp³-hybridized carbons (Fsp3) is 0.800. The first kappa shape index (κ1) is 29.3. The number of ether oxygens (including phenoxy) is 3. The normalized spacial score (nSPS) is 34.5. The van der Waals surface area contributed by atoms with Gasteiger partial charge in [0.05, 0.1) is 18.8 Å². The first-order valence-electron chi connectivity index (χ1n) is 14.0. The number of nitrogens with two attached hydrogens (primary N) is 1. The van der Waals surface area contributed by atoms with Crippen molar-refractivity contribution in [3.8, 4) is 0 Å². The number of aromatic amines is 1. The zero-order valence-electron chi connectivity index (χ0n) is 22.4. The van der Waals surface area contributed by atoms with E-state index in [-0.39, 0.29) is 18.9 Å². The predicted molar refractivity (Wildman–Crippen MR) is 139 cm³/mol. The molecule has 6 N–H and O–H groups in total. The molecule has 0 unspecified atom stereocenters. The maximum absolute atomic E-state index is 12.6. The van der Waals surface area contributed by atoms with E-state index in [2.05, 4.69) is 14.8 Å². The molecule has 0 saturated carbocycles. The average molecular weight is 569 g/mol. The van der Waals surface area contributed by atoms with Crippen LogP contribution in [0.5, 0.6) is 0 Å². The summed E-state index contributed by atoms with van der Waals surface area (Å²) in [5.74, 6) is 0.157. The van der Waals surface area contributed by atoms with Gasteiger partial charge in [0, 0.05) is 71.0 Å². The van der Waals surface area contributed by atoms with E-state index in [4.69, 9.17) is 19.9 Å². The van der Waals surface area contributed by atoms with Crippen LogP contribution in [0, 0.1) is 0 Å². The van der Waals surface area contributed by atoms with Gasteiger partial charge in [0.2, 0.25) is 5.91 Å². The van der Waals surface area contributed by atoms with Gasteiger partial charge in [-0.05, 0) is 12.8 Å². The van der Waals surface area contributed by atoms with Crippen molar-refractivity contribution < 1.29 is 34.3 Å². The Morgan fingerprint density at radius 3 is 2.40 bits per heavy atom. The number of hydrogen-bond acceptors (Lipinski definition) is 12. The molecule has 0 spiro atoms. The molecule has 15 nitrogen and oxygen atoms in total. The number of nitrogens with zero attached hydrogens (tertiary/aromatic N) is 4. The number of nitrogens with one attached hydrogen (secondary N) is 1. The van der Waals surface area contributed by atoms with E-state index < -0.39 is 60.4 Å². The maximum atomic E-state index is 12.6. The zero-order chi connectivity index (χ0) is 28.4. The second-order valence-corrected chi connectivity index (χ2v) is 11.0. The number of hydrogen-bond donors (Lipinski definition) is 5. The van der Waals surface area contributed by atoms with Crippen LogP contribution in [0.3, 0.4) is 0 Å². The molecule has 1 aromatic heterocycles. The van der Waals surface area contributed by atoms with Gasteiger partial charge in [0.1, 0.15) is 24.4 Å². The molecule has 8 atom stereocenters. The number of carbonyl (C=O) groups is 1. The molecule has 4 aliphatic rings. The molecule has 15 heteroatoms. The van der Waals surface area contributed by atoms with Crippen molar-refractivity contribution >= 4 is 5.91 Å². The van der Waals surface area contributed by atoms with Gasteiger partial charge < -0.3 is 40.2 Å². The summed E-state index contributed by atoms with van der Waals surface area (Å²) >= 11 is 0. The average Bonchev–Trinajstić information content (AvgIpc) is 3.66. The third-order valence-corrected chi connectivity index (χ3v) is 8.24. The van der Waals surface area contributed by atoms with Crippen molar-refractivity contribution in [1.29, 1.82) is 0 Å². The van der Waals surface area contributed by atoms with Gasteiger partial charge in [-0.3, -0.25) is 28.9 Å². The Bertz CT molecular complexity index is 1120. The predicted octanol–water partition coefficient (Wildman–Crippen LogP) is -3.78. The number of aliphatic hydroxyl groups is 3. The van der Waals surface area contributed by atoms with Crippen LogP contribution >= 0.6 is 0 Å². The summed E-state index contributed by atoms with van der Waals surface area (Å²) in [4.78, 5) is 44.8. The Balaban J connectivity index is 1.25. The van der Waals surface area contributed by atoms with E-state index in [0.717, 1.165) is 30.5 Å². The topological polar surface area (TPSA) is 196 Å². The fourth-order valence-corrected chi connectivity index (χ4v) is 5.88. The molecule has 224 valence electrons. The summed E-state index contributed by atoms with van der Waals surface area (Å²) in [6.07, 6.45) is -4.52. The Hall–Kier alpha value is -2.21. The van der Waals surface area contributed by atoms with Crippen molar-refractivity contribution in [1.82, 2.24) is 24.3 Å². The zero-order valence-corrected chi connectivity index (χ0v) is 22.4.